The van der Waals surface area contributed by atoms with E-state index in [-0.39, 0.29) is 11.9 Å². The first-order chi connectivity index (χ1) is 7.98. The minimum absolute atomic E-state index is 0.118. The van der Waals surface area contributed by atoms with E-state index < -0.39 is 0 Å². The normalized spacial score (nSPS) is 22.1. The van der Waals surface area contributed by atoms with Gasteiger partial charge in [0.05, 0.1) is 0 Å². The quantitative estimate of drug-likeness (QED) is 0.754. The van der Waals surface area contributed by atoms with Gasteiger partial charge in [0.1, 0.15) is 0 Å². The molecule has 1 unspecified atom stereocenters. The first kappa shape index (κ1) is 14.5. The van der Waals surface area contributed by atoms with Crippen molar-refractivity contribution in [1.29, 1.82) is 0 Å². The van der Waals surface area contributed by atoms with Crippen LogP contribution in [0.3, 0.4) is 0 Å². The van der Waals surface area contributed by atoms with Crippen molar-refractivity contribution in [2.24, 2.45) is 11.1 Å². The van der Waals surface area contributed by atoms with Crippen LogP contribution in [0.4, 0.5) is 0 Å². The lowest BCUT2D eigenvalue weighted by atomic mass is 9.82. The zero-order valence-corrected chi connectivity index (χ0v) is 11.5. The molecule has 3 N–H and O–H groups in total. The number of likely N-dealkylation sites (tertiary alicyclic amines) is 1. The number of piperidine rings is 1. The molecule has 100 valence electrons. The summed E-state index contributed by atoms with van der Waals surface area (Å²) in [5, 5.41) is 2.84. The number of nitrogens with zero attached hydrogens (tertiary/aromatic N) is 1. The van der Waals surface area contributed by atoms with Crippen molar-refractivity contribution in [2.45, 2.75) is 46.1 Å². The third-order valence-electron chi connectivity index (χ3n) is 3.74. The van der Waals surface area contributed by atoms with E-state index in [1.807, 2.05) is 6.92 Å². The van der Waals surface area contributed by atoms with Crippen LogP contribution < -0.4 is 11.1 Å². The van der Waals surface area contributed by atoms with Gasteiger partial charge in [0.2, 0.25) is 5.91 Å². The Kier molecular flexibility index (Phi) is 5.40. The number of nitrogens with one attached hydrogen (secondary N) is 1. The van der Waals surface area contributed by atoms with E-state index in [1.54, 1.807) is 0 Å². The second-order valence-corrected chi connectivity index (χ2v) is 5.75. The molecule has 4 heteroatoms. The number of carbonyl (C=O) groups is 1. The summed E-state index contributed by atoms with van der Waals surface area (Å²) in [7, 11) is 0. The maximum absolute atomic E-state index is 11.6. The standard InChI is InChI=1S/C13H27N3O/c1-4-15-12(17)9-11(10-14)16-7-5-13(2,3)6-8-16/h11H,4-10,14H2,1-3H3,(H,15,17). The summed E-state index contributed by atoms with van der Waals surface area (Å²) < 4.78 is 0. The first-order valence-electron chi connectivity index (χ1n) is 6.69. The van der Waals surface area contributed by atoms with Crippen LogP contribution in [0.25, 0.3) is 0 Å². The molecule has 4 nitrogen and oxygen atoms in total. The number of hydrogen-bond acceptors (Lipinski definition) is 3. The molecule has 1 aliphatic rings. The Balaban J connectivity index is 2.43. The molecule has 0 radical (unpaired) electrons. The van der Waals surface area contributed by atoms with Crippen LogP contribution in [-0.4, -0.2) is 43.0 Å². The summed E-state index contributed by atoms with van der Waals surface area (Å²) in [6.07, 6.45) is 2.92. The van der Waals surface area contributed by atoms with Crippen LogP contribution in [0.5, 0.6) is 0 Å². The third kappa shape index (κ3) is 4.64. The summed E-state index contributed by atoms with van der Waals surface area (Å²) in [4.78, 5) is 14.0. The molecule has 1 fully saturated rings. The molecule has 1 aliphatic heterocycles. The highest BCUT2D eigenvalue weighted by Gasteiger charge is 2.29. The smallest absolute Gasteiger partial charge is 0.221 e. The minimum Gasteiger partial charge on any atom is -0.356 e. The fourth-order valence-electron chi connectivity index (χ4n) is 2.34. The molecule has 1 atom stereocenters. The molecule has 0 aromatic rings. The van der Waals surface area contributed by atoms with Gasteiger partial charge in [0.25, 0.3) is 0 Å². The molecule has 0 aliphatic carbocycles. The Morgan fingerprint density at radius 1 is 1.41 bits per heavy atom. The van der Waals surface area contributed by atoms with Crippen molar-refractivity contribution in [3.63, 3.8) is 0 Å². The van der Waals surface area contributed by atoms with Gasteiger partial charge in [-0.25, -0.2) is 0 Å². The predicted molar refractivity (Wildman–Crippen MR) is 70.7 cm³/mol. The molecule has 1 saturated heterocycles. The van der Waals surface area contributed by atoms with Crippen molar-refractivity contribution in [1.82, 2.24) is 10.2 Å². The van der Waals surface area contributed by atoms with Crippen LogP contribution >= 0.6 is 0 Å². The molecule has 0 aromatic heterocycles. The topological polar surface area (TPSA) is 58.4 Å². The molecular weight excluding hydrogens is 214 g/mol. The first-order valence-corrected chi connectivity index (χ1v) is 6.69. The Morgan fingerprint density at radius 2 is 2.00 bits per heavy atom. The van der Waals surface area contributed by atoms with Crippen molar-refractivity contribution in [3.8, 4) is 0 Å². The zero-order chi connectivity index (χ0) is 12.9. The molecule has 0 bridgehead atoms. The summed E-state index contributed by atoms with van der Waals surface area (Å²) in [5.74, 6) is 0.118. The van der Waals surface area contributed by atoms with Gasteiger partial charge < -0.3 is 11.1 Å². The molecular formula is C13H27N3O. The fourth-order valence-corrected chi connectivity index (χ4v) is 2.34. The monoisotopic (exact) mass is 241 g/mol. The van der Waals surface area contributed by atoms with Crippen LogP contribution in [0.15, 0.2) is 0 Å². The van der Waals surface area contributed by atoms with Crippen molar-refractivity contribution in [3.05, 3.63) is 0 Å². The van der Waals surface area contributed by atoms with Gasteiger partial charge in [-0.1, -0.05) is 13.8 Å². The molecule has 0 saturated carbocycles. The average molecular weight is 241 g/mol. The van der Waals surface area contributed by atoms with Gasteiger partial charge >= 0.3 is 0 Å². The van der Waals surface area contributed by atoms with E-state index in [1.165, 1.54) is 12.8 Å². The largest absolute Gasteiger partial charge is 0.356 e. The van der Waals surface area contributed by atoms with Crippen molar-refractivity contribution in [2.75, 3.05) is 26.2 Å². The fraction of sp³-hybridized carbons (Fsp3) is 0.923. The lowest BCUT2D eigenvalue weighted by Crippen LogP contribution is -2.48. The van der Waals surface area contributed by atoms with Gasteiger partial charge in [-0.2, -0.15) is 0 Å². The van der Waals surface area contributed by atoms with E-state index in [0.29, 0.717) is 24.9 Å². The van der Waals surface area contributed by atoms with Gasteiger partial charge in [0, 0.05) is 25.6 Å². The van der Waals surface area contributed by atoms with Gasteiger partial charge in [0.15, 0.2) is 0 Å². The summed E-state index contributed by atoms with van der Waals surface area (Å²) in [5.41, 5.74) is 6.24. The van der Waals surface area contributed by atoms with E-state index in [4.69, 9.17) is 5.73 Å². The summed E-state index contributed by atoms with van der Waals surface area (Å²) in [6, 6.07) is 0.206. The van der Waals surface area contributed by atoms with Crippen molar-refractivity contribution >= 4 is 5.91 Å². The minimum atomic E-state index is 0.118. The zero-order valence-electron chi connectivity index (χ0n) is 11.5. The Hall–Kier alpha value is -0.610. The van der Waals surface area contributed by atoms with Crippen molar-refractivity contribution < 1.29 is 4.79 Å². The van der Waals surface area contributed by atoms with Gasteiger partial charge in [-0.3, -0.25) is 9.69 Å². The van der Waals surface area contributed by atoms with Crippen LogP contribution in [0.2, 0.25) is 0 Å². The maximum atomic E-state index is 11.6. The van der Waals surface area contributed by atoms with Crippen LogP contribution in [-0.2, 0) is 4.79 Å². The number of carbonyl (C=O) groups excluding carboxylic acids is 1. The third-order valence-corrected chi connectivity index (χ3v) is 3.74. The van der Waals surface area contributed by atoms with Gasteiger partial charge in [-0.15, -0.1) is 0 Å². The summed E-state index contributed by atoms with van der Waals surface area (Å²) in [6.45, 7) is 9.96. The maximum Gasteiger partial charge on any atom is 0.221 e. The van der Waals surface area contributed by atoms with Crippen LogP contribution in [0, 0.1) is 5.41 Å². The van der Waals surface area contributed by atoms with Gasteiger partial charge in [-0.05, 0) is 38.3 Å². The van der Waals surface area contributed by atoms with E-state index >= 15 is 0 Å². The molecule has 0 spiro atoms. The van der Waals surface area contributed by atoms with E-state index in [2.05, 4.69) is 24.1 Å². The summed E-state index contributed by atoms with van der Waals surface area (Å²) >= 11 is 0. The number of amides is 1. The van der Waals surface area contributed by atoms with E-state index in [0.717, 1.165) is 13.1 Å². The number of rotatable bonds is 5. The molecule has 1 heterocycles. The Morgan fingerprint density at radius 3 is 2.47 bits per heavy atom. The highest BCUT2D eigenvalue weighted by atomic mass is 16.1. The lowest BCUT2D eigenvalue weighted by molar-refractivity contribution is -0.122. The predicted octanol–water partition coefficient (Wildman–Crippen LogP) is 0.962. The average Bonchev–Trinajstić information content (AvgIpc) is 2.27. The molecule has 0 aromatic carbocycles. The molecule has 17 heavy (non-hydrogen) atoms. The second kappa shape index (κ2) is 6.36. The molecule has 1 amide bonds. The van der Waals surface area contributed by atoms with E-state index in [9.17, 15) is 4.79 Å². The highest BCUT2D eigenvalue weighted by molar-refractivity contribution is 5.76. The highest BCUT2D eigenvalue weighted by Crippen LogP contribution is 2.30. The Bertz CT molecular complexity index is 243. The SMILES string of the molecule is CCNC(=O)CC(CN)N1CCC(C)(C)CC1. The van der Waals surface area contributed by atoms with Crippen LogP contribution in [0.1, 0.15) is 40.0 Å². The number of hydrogen-bond donors (Lipinski definition) is 2. The number of nitrogens with two attached hydrogens (primary N) is 1. The Labute approximate surface area is 105 Å². The molecule has 1 rings (SSSR count). The second-order valence-electron chi connectivity index (χ2n) is 5.75. The lowest BCUT2D eigenvalue weighted by Gasteiger charge is -2.40.